The van der Waals surface area contributed by atoms with Crippen LogP contribution in [0.2, 0.25) is 0 Å². The Balaban J connectivity index is 1.83. The van der Waals surface area contributed by atoms with Crippen LogP contribution in [-0.2, 0) is 25.7 Å². The van der Waals surface area contributed by atoms with E-state index in [9.17, 15) is 14.4 Å². The van der Waals surface area contributed by atoms with Gasteiger partial charge in [0.1, 0.15) is 6.61 Å². The van der Waals surface area contributed by atoms with Gasteiger partial charge in [-0.05, 0) is 49.8 Å². The maximum absolute atomic E-state index is 13.8. The van der Waals surface area contributed by atoms with E-state index in [2.05, 4.69) is 5.32 Å². The van der Waals surface area contributed by atoms with Crippen LogP contribution in [-0.4, -0.2) is 55.1 Å². The number of carbonyl (C=O) groups excluding carboxylic acids is 3. The summed E-state index contributed by atoms with van der Waals surface area (Å²) in [7, 11) is 1.32. The molecule has 1 saturated heterocycles. The number of methoxy groups -OCH3 is 1. The quantitative estimate of drug-likeness (QED) is 0.395. The molecule has 0 saturated carbocycles. The topological polar surface area (TPSA) is 81.7 Å². The SMILES string of the molecule is CCCC(C(=O)Nc1c(C)cccc1C(=O)OC)[N+]1(CC(=O)OCc2ccccc2)CCCCC1. The van der Waals surface area contributed by atoms with E-state index in [4.69, 9.17) is 9.47 Å². The standard InChI is InChI=1S/C28H36N2O5/c1-4-12-24(27(32)29-26-21(2)13-11-16-23(26)28(33)34-3)30(17-9-6-10-18-30)19-25(31)35-20-22-14-7-5-8-15-22/h5,7-8,11,13-16,24H,4,6,9-10,12,17-20H2,1-3H3/p+1. The number of aryl methyl sites for hydroxylation is 1. The summed E-state index contributed by atoms with van der Waals surface area (Å²) in [6, 6.07) is 14.4. The zero-order chi connectivity index (χ0) is 25.3. The molecule has 1 unspecified atom stereocenters. The van der Waals surface area contributed by atoms with Crippen molar-refractivity contribution < 1.29 is 28.3 Å². The van der Waals surface area contributed by atoms with E-state index in [1.807, 2.05) is 50.2 Å². The lowest BCUT2D eigenvalue weighted by Gasteiger charge is -2.45. The molecule has 2 aromatic rings. The van der Waals surface area contributed by atoms with Crippen molar-refractivity contribution in [3.05, 3.63) is 65.2 Å². The Morgan fingerprint density at radius 3 is 2.37 bits per heavy atom. The van der Waals surface area contributed by atoms with Crippen molar-refractivity contribution >= 4 is 23.5 Å². The normalized spacial score (nSPS) is 15.6. The minimum atomic E-state index is -0.498. The van der Waals surface area contributed by atoms with Gasteiger partial charge in [-0.2, -0.15) is 0 Å². The number of hydrogen-bond donors (Lipinski definition) is 1. The summed E-state index contributed by atoms with van der Waals surface area (Å²) in [6.45, 7) is 5.76. The van der Waals surface area contributed by atoms with Crippen LogP contribution in [0.15, 0.2) is 48.5 Å². The molecule has 0 bridgehead atoms. The van der Waals surface area contributed by atoms with Crippen LogP contribution in [0.25, 0.3) is 0 Å². The molecule has 7 nitrogen and oxygen atoms in total. The summed E-state index contributed by atoms with van der Waals surface area (Å²) in [5.41, 5.74) is 2.50. The van der Waals surface area contributed by atoms with Crippen LogP contribution >= 0.6 is 0 Å². The fourth-order valence-electron chi connectivity index (χ4n) is 5.01. The minimum absolute atomic E-state index is 0.155. The first-order valence-electron chi connectivity index (χ1n) is 12.4. The number of piperidine rings is 1. The van der Waals surface area contributed by atoms with Crippen molar-refractivity contribution in [3.8, 4) is 0 Å². The maximum atomic E-state index is 13.8. The number of quaternary nitrogens is 1. The minimum Gasteiger partial charge on any atom is -0.465 e. The highest BCUT2D eigenvalue weighted by Crippen LogP contribution is 2.29. The van der Waals surface area contributed by atoms with Crippen LogP contribution < -0.4 is 5.32 Å². The van der Waals surface area contributed by atoms with Crippen molar-refractivity contribution in [2.24, 2.45) is 0 Å². The van der Waals surface area contributed by atoms with E-state index >= 15 is 0 Å². The first-order chi connectivity index (χ1) is 16.9. The summed E-state index contributed by atoms with van der Waals surface area (Å²) < 4.78 is 10.9. The number of carbonyl (C=O) groups is 3. The van der Waals surface area contributed by atoms with Gasteiger partial charge < -0.3 is 19.3 Å². The van der Waals surface area contributed by atoms with Crippen LogP contribution in [0, 0.1) is 6.92 Å². The molecule has 7 heteroatoms. The molecule has 1 heterocycles. The molecular weight excluding hydrogens is 444 g/mol. The number of benzene rings is 2. The van der Waals surface area contributed by atoms with E-state index < -0.39 is 12.0 Å². The van der Waals surface area contributed by atoms with E-state index in [0.29, 0.717) is 22.2 Å². The molecule has 0 radical (unpaired) electrons. The summed E-state index contributed by atoms with van der Waals surface area (Å²) >= 11 is 0. The zero-order valence-electron chi connectivity index (χ0n) is 21.0. The Hall–Kier alpha value is -3.19. The first-order valence-corrected chi connectivity index (χ1v) is 12.4. The Kier molecular flexibility index (Phi) is 9.43. The van der Waals surface area contributed by atoms with Gasteiger partial charge in [-0.25, -0.2) is 9.59 Å². The lowest BCUT2D eigenvalue weighted by Crippen LogP contribution is -2.64. The van der Waals surface area contributed by atoms with Crippen LogP contribution in [0.3, 0.4) is 0 Å². The number of nitrogens with zero attached hydrogens (tertiary/aromatic N) is 1. The second kappa shape index (κ2) is 12.5. The number of esters is 2. The number of amides is 1. The predicted molar refractivity (Wildman–Crippen MR) is 135 cm³/mol. The largest absolute Gasteiger partial charge is 0.465 e. The third-order valence-corrected chi connectivity index (χ3v) is 6.85. The van der Waals surface area contributed by atoms with E-state index in [0.717, 1.165) is 49.9 Å². The predicted octanol–water partition coefficient (Wildman–Crippen LogP) is 4.63. The van der Waals surface area contributed by atoms with Crippen molar-refractivity contribution in [2.45, 2.75) is 58.6 Å². The van der Waals surface area contributed by atoms with Crippen LogP contribution in [0.1, 0.15) is 60.5 Å². The van der Waals surface area contributed by atoms with Gasteiger partial charge in [0.2, 0.25) is 0 Å². The molecular formula is C28H37N2O5+. The summed E-state index contributed by atoms with van der Waals surface area (Å²) in [5.74, 6) is -0.970. The van der Waals surface area contributed by atoms with E-state index in [-0.39, 0.29) is 25.0 Å². The number of para-hydroxylation sites is 1. The molecule has 188 valence electrons. The highest BCUT2D eigenvalue weighted by Gasteiger charge is 2.44. The van der Waals surface area contributed by atoms with Crippen LogP contribution in [0.4, 0.5) is 5.69 Å². The fraction of sp³-hybridized carbons (Fsp3) is 0.464. The molecule has 3 rings (SSSR count). The second-order valence-electron chi connectivity index (χ2n) is 9.31. The van der Waals surface area contributed by atoms with Gasteiger partial charge in [0.15, 0.2) is 12.6 Å². The highest BCUT2D eigenvalue weighted by molar-refractivity contribution is 6.03. The fourth-order valence-corrected chi connectivity index (χ4v) is 5.01. The number of likely N-dealkylation sites (tertiary alicyclic amines) is 1. The number of anilines is 1. The van der Waals surface area contributed by atoms with Crippen LogP contribution in [0.5, 0.6) is 0 Å². The molecule has 0 spiro atoms. The third-order valence-electron chi connectivity index (χ3n) is 6.85. The van der Waals surface area contributed by atoms with Gasteiger partial charge in [-0.15, -0.1) is 0 Å². The summed E-state index contributed by atoms with van der Waals surface area (Å²) in [5, 5.41) is 3.02. The average molecular weight is 482 g/mol. The average Bonchev–Trinajstić information content (AvgIpc) is 2.87. The lowest BCUT2D eigenvalue weighted by molar-refractivity contribution is -0.940. The van der Waals surface area contributed by atoms with Crippen molar-refractivity contribution in [2.75, 3.05) is 32.1 Å². The smallest absolute Gasteiger partial charge is 0.362 e. The molecule has 1 N–H and O–H groups in total. The monoisotopic (exact) mass is 481 g/mol. The molecule has 0 aliphatic carbocycles. The lowest BCUT2D eigenvalue weighted by atomic mass is 9.98. The molecule has 1 aliphatic heterocycles. The number of nitrogens with one attached hydrogen (secondary N) is 1. The third kappa shape index (κ3) is 6.69. The molecule has 1 atom stereocenters. The molecule has 2 aromatic carbocycles. The van der Waals surface area contributed by atoms with Gasteiger partial charge in [-0.1, -0.05) is 49.4 Å². The van der Waals surface area contributed by atoms with Gasteiger partial charge in [0.05, 0.1) is 31.5 Å². The molecule has 1 amide bonds. The molecule has 35 heavy (non-hydrogen) atoms. The van der Waals surface area contributed by atoms with Gasteiger partial charge >= 0.3 is 11.9 Å². The number of hydrogen-bond acceptors (Lipinski definition) is 5. The maximum Gasteiger partial charge on any atom is 0.362 e. The summed E-state index contributed by atoms with van der Waals surface area (Å²) in [4.78, 5) is 39.1. The Bertz CT molecular complexity index is 1020. The van der Waals surface area contributed by atoms with Crippen molar-refractivity contribution in [3.63, 3.8) is 0 Å². The number of ether oxygens (including phenoxy) is 2. The Morgan fingerprint density at radius 1 is 1.00 bits per heavy atom. The Labute approximate surface area is 208 Å². The molecule has 0 aromatic heterocycles. The van der Waals surface area contributed by atoms with Crippen molar-refractivity contribution in [1.29, 1.82) is 0 Å². The zero-order valence-corrected chi connectivity index (χ0v) is 21.0. The second-order valence-corrected chi connectivity index (χ2v) is 9.31. The molecule has 1 fully saturated rings. The highest BCUT2D eigenvalue weighted by atomic mass is 16.5. The van der Waals surface area contributed by atoms with Gasteiger partial charge in [-0.3, -0.25) is 4.79 Å². The Morgan fingerprint density at radius 2 is 1.71 bits per heavy atom. The molecule has 1 aliphatic rings. The van der Waals surface area contributed by atoms with Crippen molar-refractivity contribution in [1.82, 2.24) is 0 Å². The van der Waals surface area contributed by atoms with Gasteiger partial charge in [0.25, 0.3) is 5.91 Å². The summed E-state index contributed by atoms with van der Waals surface area (Å²) in [6.07, 6.45) is 4.43. The first kappa shape index (κ1) is 26.4. The van der Waals surface area contributed by atoms with E-state index in [1.54, 1.807) is 12.1 Å². The number of rotatable bonds is 10. The van der Waals surface area contributed by atoms with E-state index in [1.165, 1.54) is 7.11 Å². The van der Waals surface area contributed by atoms with Gasteiger partial charge in [0, 0.05) is 6.42 Å².